The molecule has 0 atom stereocenters. The average Bonchev–Trinajstić information content (AvgIpc) is 2.62. The van der Waals surface area contributed by atoms with Crippen molar-refractivity contribution in [1.82, 2.24) is 14.9 Å². The first-order valence-electron chi connectivity index (χ1n) is 9.10. The molecule has 0 radical (unpaired) electrons. The van der Waals surface area contributed by atoms with E-state index < -0.39 is 21.9 Å². The van der Waals surface area contributed by atoms with Crippen LogP contribution in [-0.2, 0) is 10.0 Å². The Hall–Kier alpha value is -2.75. The Morgan fingerprint density at radius 2 is 1.59 bits per heavy atom. The number of nitrogens with zero attached hydrogens (tertiary/aromatic N) is 3. The molecule has 1 aromatic carbocycles. The first kappa shape index (κ1) is 22.5. The van der Waals surface area contributed by atoms with Crippen LogP contribution in [0.5, 0.6) is 0 Å². The van der Waals surface area contributed by atoms with Gasteiger partial charge in [0.25, 0.3) is 10.0 Å². The minimum Gasteiger partial charge on any atom is -0.361 e. The largest absolute Gasteiger partial charge is 0.361 e. The number of carbonyl (C=O) groups excluding carboxylic acids is 1. The zero-order valence-corrected chi connectivity index (χ0v) is 18.1. The number of nitrogens with one attached hydrogen (secondary N) is 2. The zero-order valence-electron chi connectivity index (χ0n) is 17.3. The molecular formula is C19H26FN5O3S. The molecule has 1 heterocycles. The van der Waals surface area contributed by atoms with Crippen LogP contribution in [0.15, 0.2) is 29.3 Å². The van der Waals surface area contributed by atoms with Gasteiger partial charge in [-0.2, -0.15) is 8.42 Å². The first-order chi connectivity index (χ1) is 13.4. The lowest BCUT2D eigenvalue weighted by molar-refractivity contribution is 0.256. The summed E-state index contributed by atoms with van der Waals surface area (Å²) < 4.78 is 40.8. The fraction of sp³-hybridized carbons (Fsp3) is 0.421. The highest BCUT2D eigenvalue weighted by molar-refractivity contribution is 7.90. The van der Waals surface area contributed by atoms with Crippen LogP contribution in [0, 0.1) is 5.82 Å². The lowest BCUT2D eigenvalue weighted by atomic mass is 9.92. The summed E-state index contributed by atoms with van der Waals surface area (Å²) in [7, 11) is -0.742. The molecule has 1 aromatic heterocycles. The molecule has 29 heavy (non-hydrogen) atoms. The average molecular weight is 424 g/mol. The number of anilines is 2. The molecule has 0 aliphatic rings. The van der Waals surface area contributed by atoms with Crippen molar-refractivity contribution in [3.8, 4) is 0 Å². The molecule has 0 unspecified atom stereocenters. The maximum Gasteiger partial charge on any atom is 0.333 e. The van der Waals surface area contributed by atoms with Crippen molar-refractivity contribution in [3.05, 3.63) is 41.2 Å². The summed E-state index contributed by atoms with van der Waals surface area (Å²) in [6.45, 7) is 7.45. The second-order valence-corrected chi connectivity index (χ2v) is 9.08. The van der Waals surface area contributed by atoms with Gasteiger partial charge in [0.15, 0.2) is 10.8 Å². The predicted molar refractivity (Wildman–Crippen MR) is 110 cm³/mol. The van der Waals surface area contributed by atoms with Crippen molar-refractivity contribution >= 4 is 27.6 Å². The van der Waals surface area contributed by atoms with Crippen LogP contribution in [0.2, 0.25) is 0 Å². The summed E-state index contributed by atoms with van der Waals surface area (Å²) in [6.07, 6.45) is 0. The molecular weight excluding hydrogens is 397 g/mol. The number of rotatable bonds is 6. The fourth-order valence-corrected chi connectivity index (χ4v) is 3.51. The maximum absolute atomic E-state index is 14.0. The third-order valence-corrected chi connectivity index (χ3v) is 5.46. The van der Waals surface area contributed by atoms with Gasteiger partial charge in [0.2, 0.25) is 0 Å². The highest BCUT2D eigenvalue weighted by Crippen LogP contribution is 2.33. The van der Waals surface area contributed by atoms with Crippen LogP contribution >= 0.6 is 0 Å². The van der Waals surface area contributed by atoms with Gasteiger partial charge in [0.05, 0.1) is 0 Å². The predicted octanol–water partition coefficient (Wildman–Crippen LogP) is 3.44. The van der Waals surface area contributed by atoms with E-state index in [1.54, 1.807) is 19.0 Å². The van der Waals surface area contributed by atoms with Crippen molar-refractivity contribution in [2.75, 3.05) is 24.3 Å². The second kappa shape index (κ2) is 8.73. The Bertz CT molecular complexity index is 960. The van der Waals surface area contributed by atoms with Crippen molar-refractivity contribution in [1.29, 1.82) is 0 Å². The monoisotopic (exact) mass is 423 g/mol. The summed E-state index contributed by atoms with van der Waals surface area (Å²) in [5.41, 5.74) is 1.56. The fourth-order valence-electron chi connectivity index (χ4n) is 2.71. The molecule has 0 bridgehead atoms. The van der Waals surface area contributed by atoms with Gasteiger partial charge in [-0.3, -0.25) is 0 Å². The van der Waals surface area contributed by atoms with Gasteiger partial charge in [-0.25, -0.2) is 13.9 Å². The molecule has 0 saturated heterocycles. The molecule has 0 aliphatic heterocycles. The molecule has 2 aromatic rings. The lowest BCUT2D eigenvalue weighted by Gasteiger charge is -2.20. The number of benzene rings is 1. The molecule has 0 fully saturated rings. The molecule has 0 aliphatic carbocycles. The van der Waals surface area contributed by atoms with E-state index in [2.05, 4.69) is 15.5 Å². The van der Waals surface area contributed by atoms with E-state index >= 15 is 0 Å². The molecule has 2 N–H and O–H groups in total. The number of amides is 2. The van der Waals surface area contributed by atoms with Crippen LogP contribution in [0.4, 0.5) is 20.7 Å². The minimum absolute atomic E-state index is 0.0837. The normalized spacial score (nSPS) is 11.6. The summed E-state index contributed by atoms with van der Waals surface area (Å²) in [5.74, 6) is -0.103. The second-order valence-electron chi connectivity index (χ2n) is 7.45. The van der Waals surface area contributed by atoms with Crippen LogP contribution in [0.3, 0.4) is 0 Å². The third kappa shape index (κ3) is 5.41. The van der Waals surface area contributed by atoms with E-state index in [1.807, 2.05) is 32.4 Å². The molecule has 158 valence electrons. The van der Waals surface area contributed by atoms with Gasteiger partial charge in [-0.1, -0.05) is 27.7 Å². The van der Waals surface area contributed by atoms with Gasteiger partial charge in [-0.15, -0.1) is 10.2 Å². The molecule has 0 spiro atoms. The number of halogens is 1. The van der Waals surface area contributed by atoms with Crippen molar-refractivity contribution < 1.29 is 17.6 Å². The van der Waals surface area contributed by atoms with E-state index in [4.69, 9.17) is 0 Å². The molecule has 2 amide bonds. The highest BCUT2D eigenvalue weighted by Gasteiger charge is 2.23. The molecule has 2 rings (SSSR count). The number of hydrogen-bond donors (Lipinski definition) is 2. The summed E-state index contributed by atoms with van der Waals surface area (Å²) in [4.78, 5) is 14.1. The quantitative estimate of drug-likeness (QED) is 0.738. The first-order valence-corrected chi connectivity index (χ1v) is 10.6. The minimum atomic E-state index is -4.22. The summed E-state index contributed by atoms with van der Waals surface area (Å²) >= 11 is 0. The van der Waals surface area contributed by atoms with Crippen molar-refractivity contribution in [2.45, 2.75) is 44.6 Å². The van der Waals surface area contributed by atoms with Crippen molar-refractivity contribution in [2.24, 2.45) is 0 Å². The van der Waals surface area contributed by atoms with Crippen LogP contribution < -0.4 is 14.9 Å². The van der Waals surface area contributed by atoms with E-state index in [0.29, 0.717) is 22.6 Å². The number of sulfonamides is 1. The topological polar surface area (TPSA) is 104 Å². The Balaban J connectivity index is 2.30. The molecule has 0 saturated carbocycles. The lowest BCUT2D eigenvalue weighted by Crippen LogP contribution is -2.35. The summed E-state index contributed by atoms with van der Waals surface area (Å²) in [5, 5.41) is 9.66. The van der Waals surface area contributed by atoms with E-state index in [-0.39, 0.29) is 16.9 Å². The third-order valence-electron chi connectivity index (χ3n) is 4.23. The van der Waals surface area contributed by atoms with Crippen LogP contribution in [0.25, 0.3) is 0 Å². The Morgan fingerprint density at radius 3 is 2.00 bits per heavy atom. The highest BCUT2D eigenvalue weighted by atomic mass is 32.2. The van der Waals surface area contributed by atoms with Gasteiger partial charge >= 0.3 is 6.03 Å². The van der Waals surface area contributed by atoms with E-state index in [0.717, 1.165) is 0 Å². The van der Waals surface area contributed by atoms with E-state index in [1.165, 1.54) is 24.3 Å². The van der Waals surface area contributed by atoms with Crippen molar-refractivity contribution in [3.63, 3.8) is 0 Å². The zero-order chi connectivity index (χ0) is 21.9. The van der Waals surface area contributed by atoms with Crippen LogP contribution in [-0.4, -0.2) is 38.7 Å². The SMILES string of the molecule is CC(C)c1cc(F)cc(C(C)C)c1NC(=O)NS(=O)(=O)c1ccc(N(C)C)nn1. The number of carbonyl (C=O) groups is 1. The van der Waals surface area contributed by atoms with E-state index in [9.17, 15) is 17.6 Å². The maximum atomic E-state index is 14.0. The van der Waals surface area contributed by atoms with Gasteiger partial charge in [0.1, 0.15) is 5.82 Å². The van der Waals surface area contributed by atoms with Gasteiger partial charge in [0, 0.05) is 19.8 Å². The molecule has 8 nitrogen and oxygen atoms in total. The Labute approximate surface area is 170 Å². The summed E-state index contributed by atoms with van der Waals surface area (Å²) in [6, 6.07) is 4.46. The molecule has 10 heteroatoms. The number of aromatic nitrogens is 2. The standard InChI is InChI=1S/C19H26FN5O3S/c1-11(2)14-9-13(20)10-15(12(3)4)18(14)21-19(26)24-29(27,28)17-8-7-16(22-23-17)25(5)6/h7-12H,1-6H3,(H2,21,24,26). The smallest absolute Gasteiger partial charge is 0.333 e. The van der Waals surface area contributed by atoms with Gasteiger partial charge in [-0.05, 0) is 47.2 Å². The number of hydrogen-bond acceptors (Lipinski definition) is 6. The number of urea groups is 1. The van der Waals surface area contributed by atoms with Gasteiger partial charge < -0.3 is 10.2 Å². The van der Waals surface area contributed by atoms with Crippen LogP contribution in [0.1, 0.15) is 50.7 Å². The Morgan fingerprint density at radius 1 is 1.03 bits per heavy atom. The Kier molecular flexibility index (Phi) is 6.78.